The van der Waals surface area contributed by atoms with E-state index in [2.05, 4.69) is 21.9 Å². The van der Waals surface area contributed by atoms with Crippen molar-refractivity contribution >= 4 is 11.6 Å². The molecule has 7 rings (SSSR count). The molecule has 1 aromatic rings. The maximum Gasteiger partial charge on any atom is 0.229 e. The first-order valence-electron chi connectivity index (χ1n) is 10.8. The number of ether oxygens (including phenoxy) is 3. The van der Waals surface area contributed by atoms with E-state index in [4.69, 9.17) is 14.2 Å². The van der Waals surface area contributed by atoms with Crippen LogP contribution in [-0.4, -0.2) is 62.9 Å². The molecular formula is C23H26N2O4. The molecule has 1 spiro atoms. The van der Waals surface area contributed by atoms with Crippen molar-refractivity contribution in [1.29, 1.82) is 0 Å². The first kappa shape index (κ1) is 16.7. The van der Waals surface area contributed by atoms with E-state index in [0.29, 0.717) is 36.7 Å². The lowest BCUT2D eigenvalue weighted by molar-refractivity contribution is -0.132. The van der Waals surface area contributed by atoms with Crippen LogP contribution in [-0.2, 0) is 14.9 Å². The lowest BCUT2D eigenvalue weighted by Gasteiger charge is -2.58. The summed E-state index contributed by atoms with van der Waals surface area (Å²) in [6.07, 6.45) is 5.11. The molecule has 1 amide bonds. The van der Waals surface area contributed by atoms with E-state index in [9.17, 15) is 4.79 Å². The number of methoxy groups -OCH3 is 2. The Morgan fingerprint density at radius 2 is 2.03 bits per heavy atom. The second-order valence-electron chi connectivity index (χ2n) is 9.48. The van der Waals surface area contributed by atoms with Gasteiger partial charge in [-0.1, -0.05) is 11.6 Å². The fourth-order valence-corrected chi connectivity index (χ4v) is 7.87. The highest BCUT2D eigenvalue weighted by Gasteiger charge is 2.71. The molecule has 0 radical (unpaired) electrons. The second-order valence-corrected chi connectivity index (χ2v) is 9.48. The third-order valence-corrected chi connectivity index (χ3v) is 8.81. The third kappa shape index (κ3) is 1.76. The summed E-state index contributed by atoms with van der Waals surface area (Å²) in [6, 6.07) is 4.87. The van der Waals surface area contributed by atoms with Gasteiger partial charge < -0.3 is 19.1 Å². The molecule has 6 aliphatic rings. The minimum atomic E-state index is -0.0242. The van der Waals surface area contributed by atoms with Gasteiger partial charge in [-0.25, -0.2) is 0 Å². The number of rotatable bonds is 2. The smallest absolute Gasteiger partial charge is 0.229 e. The minimum absolute atomic E-state index is 0.0242. The van der Waals surface area contributed by atoms with Gasteiger partial charge in [0.1, 0.15) is 0 Å². The van der Waals surface area contributed by atoms with Crippen molar-refractivity contribution in [1.82, 2.24) is 4.90 Å². The summed E-state index contributed by atoms with van der Waals surface area (Å²) in [7, 11) is 3.36. The Hall–Kier alpha value is -2.05. The molecule has 5 heterocycles. The zero-order valence-corrected chi connectivity index (χ0v) is 16.9. The molecular weight excluding hydrogens is 368 g/mol. The number of fused-ring (bicyclic) bond motifs is 2. The van der Waals surface area contributed by atoms with Crippen molar-refractivity contribution in [2.24, 2.45) is 11.8 Å². The van der Waals surface area contributed by atoms with Crippen LogP contribution in [0.15, 0.2) is 23.8 Å². The monoisotopic (exact) mass is 394 g/mol. The van der Waals surface area contributed by atoms with Gasteiger partial charge >= 0.3 is 0 Å². The first-order valence-corrected chi connectivity index (χ1v) is 10.8. The first-order chi connectivity index (χ1) is 14.2. The normalized spacial score (nSPS) is 41.0. The van der Waals surface area contributed by atoms with Crippen molar-refractivity contribution in [2.75, 3.05) is 38.8 Å². The van der Waals surface area contributed by atoms with E-state index in [1.807, 2.05) is 6.07 Å². The van der Waals surface area contributed by atoms with Gasteiger partial charge in [0.15, 0.2) is 11.5 Å². The van der Waals surface area contributed by atoms with Gasteiger partial charge in [0.2, 0.25) is 5.91 Å². The summed E-state index contributed by atoms with van der Waals surface area (Å²) in [6.45, 7) is 2.80. The highest BCUT2D eigenvalue weighted by Crippen LogP contribution is 2.66. The maximum absolute atomic E-state index is 13.5. The van der Waals surface area contributed by atoms with Gasteiger partial charge in [0.25, 0.3) is 0 Å². The van der Waals surface area contributed by atoms with Crippen LogP contribution in [0.5, 0.6) is 11.5 Å². The Kier molecular flexibility index (Phi) is 3.08. The molecule has 1 aromatic carbocycles. The van der Waals surface area contributed by atoms with E-state index < -0.39 is 0 Å². The predicted octanol–water partition coefficient (Wildman–Crippen LogP) is 2.11. The molecule has 0 aromatic heterocycles. The maximum atomic E-state index is 13.5. The number of carbonyl (C=O) groups excluding carboxylic acids is 1. The van der Waals surface area contributed by atoms with E-state index in [1.54, 1.807) is 19.8 Å². The SMILES string of the molecule is COc1cc2c(cc1OC)[C@]13CCN4CC5=CCO[C@@H]6CC(=O)N2[C@@H]1[C@H]6[C@@H]5C[C@H]43. The van der Waals surface area contributed by atoms with Crippen LogP contribution in [0.1, 0.15) is 24.8 Å². The number of benzene rings is 1. The Bertz CT molecular complexity index is 974. The molecule has 1 saturated carbocycles. The van der Waals surface area contributed by atoms with Crippen molar-refractivity contribution in [2.45, 2.75) is 42.9 Å². The number of piperidine rings is 2. The molecule has 3 saturated heterocycles. The highest BCUT2D eigenvalue weighted by atomic mass is 16.5. The summed E-state index contributed by atoms with van der Waals surface area (Å²) in [5, 5.41) is 0. The molecule has 5 aliphatic heterocycles. The van der Waals surface area contributed by atoms with Crippen LogP contribution >= 0.6 is 0 Å². The molecule has 6 atom stereocenters. The van der Waals surface area contributed by atoms with Gasteiger partial charge in [-0.2, -0.15) is 0 Å². The fourth-order valence-electron chi connectivity index (χ4n) is 7.87. The average molecular weight is 394 g/mol. The summed E-state index contributed by atoms with van der Waals surface area (Å²) in [5.41, 5.74) is 3.85. The van der Waals surface area contributed by atoms with Crippen molar-refractivity contribution in [3.05, 3.63) is 29.3 Å². The molecule has 0 unspecified atom stereocenters. The van der Waals surface area contributed by atoms with Crippen LogP contribution in [0.4, 0.5) is 5.69 Å². The number of hydrogen-bond acceptors (Lipinski definition) is 5. The second kappa shape index (κ2) is 5.35. The van der Waals surface area contributed by atoms with Gasteiger partial charge in [-0.15, -0.1) is 0 Å². The number of hydrogen-bond donors (Lipinski definition) is 0. The topological polar surface area (TPSA) is 51.2 Å². The van der Waals surface area contributed by atoms with Crippen LogP contribution < -0.4 is 14.4 Å². The minimum Gasteiger partial charge on any atom is -0.493 e. The summed E-state index contributed by atoms with van der Waals surface area (Å²) in [5.74, 6) is 2.57. The molecule has 6 heteroatoms. The molecule has 1 aliphatic carbocycles. The van der Waals surface area contributed by atoms with Gasteiger partial charge in [0.05, 0.1) is 45.1 Å². The number of anilines is 1. The van der Waals surface area contributed by atoms with E-state index >= 15 is 0 Å². The fraction of sp³-hybridized carbons (Fsp3) is 0.609. The predicted molar refractivity (Wildman–Crippen MR) is 107 cm³/mol. The summed E-state index contributed by atoms with van der Waals surface area (Å²) in [4.78, 5) is 18.3. The molecule has 0 N–H and O–H groups in total. The van der Waals surface area contributed by atoms with Crippen LogP contribution in [0.25, 0.3) is 0 Å². The number of amides is 1. The lowest BCUT2D eigenvalue weighted by Crippen LogP contribution is -2.69. The van der Waals surface area contributed by atoms with Crippen LogP contribution in [0.3, 0.4) is 0 Å². The standard InChI is InChI=1S/C23H26N2O4/c1-27-16-8-14-15(9-17(16)28-2)25-20(26)10-18-21-13-7-19-23(14,22(21)25)4-5-24(19)11-12(13)3-6-29-18/h3,8-9,13,18-19,21-22H,4-7,10-11H2,1-2H3/t13-,18-,19+,21+,22-,23+/m1/s1. The van der Waals surface area contributed by atoms with Gasteiger partial charge in [-0.05, 0) is 36.9 Å². The van der Waals surface area contributed by atoms with Gasteiger partial charge in [-0.3, -0.25) is 9.69 Å². The summed E-state index contributed by atoms with van der Waals surface area (Å²) < 4.78 is 17.6. The Balaban J connectivity index is 1.52. The molecule has 6 nitrogen and oxygen atoms in total. The highest BCUT2D eigenvalue weighted by molar-refractivity contribution is 5.99. The van der Waals surface area contributed by atoms with E-state index in [1.165, 1.54) is 12.0 Å². The molecule has 152 valence electrons. The Morgan fingerprint density at radius 3 is 2.86 bits per heavy atom. The van der Waals surface area contributed by atoms with Gasteiger partial charge in [0, 0.05) is 30.0 Å². The number of nitrogens with zero attached hydrogens (tertiary/aromatic N) is 2. The van der Waals surface area contributed by atoms with E-state index in [-0.39, 0.29) is 23.5 Å². The van der Waals surface area contributed by atoms with Crippen LogP contribution in [0.2, 0.25) is 0 Å². The van der Waals surface area contributed by atoms with E-state index in [0.717, 1.165) is 30.9 Å². The molecule has 2 bridgehead atoms. The summed E-state index contributed by atoms with van der Waals surface area (Å²) >= 11 is 0. The molecule has 4 fully saturated rings. The largest absolute Gasteiger partial charge is 0.493 e. The quantitative estimate of drug-likeness (QED) is 0.719. The van der Waals surface area contributed by atoms with Crippen molar-refractivity contribution in [3.8, 4) is 11.5 Å². The van der Waals surface area contributed by atoms with Crippen molar-refractivity contribution < 1.29 is 19.0 Å². The zero-order valence-electron chi connectivity index (χ0n) is 16.9. The molecule has 29 heavy (non-hydrogen) atoms. The van der Waals surface area contributed by atoms with Crippen LogP contribution in [0, 0.1) is 11.8 Å². The average Bonchev–Trinajstić information content (AvgIpc) is 3.20. The Morgan fingerprint density at radius 1 is 1.21 bits per heavy atom. The van der Waals surface area contributed by atoms with Crippen molar-refractivity contribution in [3.63, 3.8) is 0 Å². The zero-order chi connectivity index (χ0) is 19.5. The Labute approximate surface area is 170 Å². The number of carbonyl (C=O) groups is 1. The third-order valence-electron chi connectivity index (χ3n) is 8.81. The lowest BCUT2D eigenvalue weighted by atomic mass is 9.53.